The Morgan fingerprint density at radius 3 is 2.42 bits per heavy atom. The number of benzene rings is 1. The molecule has 0 spiro atoms. The number of imidazole rings is 1. The molecule has 4 nitrogen and oxygen atoms in total. The predicted molar refractivity (Wildman–Crippen MR) is 94.4 cm³/mol. The van der Waals surface area contributed by atoms with Crippen LogP contribution in [0, 0.1) is 6.92 Å². The standard InChI is InChI=1S/C16H9Cl3F3N3O/c1-7-14(15(26)24-12-5-10(18)9(17)4-11(12)19)25-6-8(16(20,21)22)2-3-13(25)23-7/h2-6H,1H3,(H,24,26). The number of rotatable bonds is 2. The number of nitrogens with zero attached hydrogens (tertiary/aromatic N) is 2. The average Bonchev–Trinajstić information content (AvgIpc) is 2.86. The highest BCUT2D eigenvalue weighted by molar-refractivity contribution is 6.44. The molecule has 136 valence electrons. The number of alkyl halides is 3. The molecule has 10 heteroatoms. The number of fused-ring (bicyclic) bond motifs is 1. The molecule has 3 rings (SSSR count). The number of aromatic nitrogens is 2. The van der Waals surface area contributed by atoms with Crippen LogP contribution < -0.4 is 5.32 Å². The van der Waals surface area contributed by atoms with Gasteiger partial charge in [0.05, 0.1) is 32.0 Å². The number of pyridine rings is 1. The molecule has 0 aliphatic rings. The maximum atomic E-state index is 13.0. The molecule has 2 heterocycles. The quantitative estimate of drug-likeness (QED) is 0.525. The summed E-state index contributed by atoms with van der Waals surface area (Å²) < 4.78 is 40.0. The van der Waals surface area contributed by atoms with Gasteiger partial charge in [0.15, 0.2) is 0 Å². The molecular weight excluding hydrogens is 414 g/mol. The SMILES string of the molecule is Cc1nc2ccc(C(F)(F)F)cn2c1C(=O)Nc1cc(Cl)c(Cl)cc1Cl. The van der Waals surface area contributed by atoms with Crippen LogP contribution in [0.5, 0.6) is 0 Å². The number of halogens is 6. The molecule has 1 aromatic carbocycles. The molecular formula is C16H9Cl3F3N3O. The van der Waals surface area contributed by atoms with Crippen molar-refractivity contribution in [1.29, 1.82) is 0 Å². The van der Waals surface area contributed by atoms with E-state index in [0.717, 1.165) is 16.7 Å². The molecule has 0 atom stereocenters. The van der Waals surface area contributed by atoms with Gasteiger partial charge in [-0.25, -0.2) is 4.98 Å². The summed E-state index contributed by atoms with van der Waals surface area (Å²) in [5.41, 5.74) is -0.302. The number of carbonyl (C=O) groups is 1. The number of carbonyl (C=O) groups excluding carboxylic acids is 1. The van der Waals surface area contributed by atoms with Gasteiger partial charge in [-0.2, -0.15) is 13.2 Å². The number of anilines is 1. The van der Waals surface area contributed by atoms with E-state index in [1.807, 2.05) is 0 Å². The number of amides is 1. The third kappa shape index (κ3) is 3.47. The van der Waals surface area contributed by atoms with Gasteiger partial charge in [0, 0.05) is 6.20 Å². The highest BCUT2D eigenvalue weighted by atomic mass is 35.5. The average molecular weight is 423 g/mol. The topological polar surface area (TPSA) is 46.4 Å². The Balaban J connectivity index is 2.05. The summed E-state index contributed by atoms with van der Waals surface area (Å²) >= 11 is 17.8. The van der Waals surface area contributed by atoms with Crippen molar-refractivity contribution in [3.05, 3.63) is 62.5 Å². The van der Waals surface area contributed by atoms with Crippen molar-refractivity contribution in [2.75, 3.05) is 5.32 Å². The first-order chi connectivity index (χ1) is 12.1. The molecule has 0 radical (unpaired) electrons. The zero-order valence-electron chi connectivity index (χ0n) is 13.0. The van der Waals surface area contributed by atoms with Crippen LogP contribution in [0.25, 0.3) is 5.65 Å². The van der Waals surface area contributed by atoms with Crippen molar-refractivity contribution in [3.63, 3.8) is 0 Å². The Morgan fingerprint density at radius 1 is 1.12 bits per heavy atom. The van der Waals surface area contributed by atoms with E-state index >= 15 is 0 Å². The maximum absolute atomic E-state index is 13.0. The summed E-state index contributed by atoms with van der Waals surface area (Å²) in [5, 5.41) is 3.02. The van der Waals surface area contributed by atoms with Crippen molar-refractivity contribution in [1.82, 2.24) is 9.38 Å². The lowest BCUT2D eigenvalue weighted by atomic mass is 10.2. The van der Waals surface area contributed by atoms with Gasteiger partial charge in [-0.3, -0.25) is 9.20 Å². The van der Waals surface area contributed by atoms with Crippen molar-refractivity contribution in [2.45, 2.75) is 13.1 Å². The molecule has 3 aromatic rings. The number of hydrogen-bond donors (Lipinski definition) is 1. The Hall–Kier alpha value is -1.96. The van der Waals surface area contributed by atoms with Gasteiger partial charge in [0.2, 0.25) is 0 Å². The van der Waals surface area contributed by atoms with Crippen LogP contribution in [0.4, 0.5) is 18.9 Å². The maximum Gasteiger partial charge on any atom is 0.417 e. The lowest BCUT2D eigenvalue weighted by molar-refractivity contribution is -0.137. The molecule has 2 aromatic heterocycles. The van der Waals surface area contributed by atoms with Gasteiger partial charge < -0.3 is 5.32 Å². The molecule has 1 N–H and O–H groups in total. The normalized spacial score (nSPS) is 11.8. The van der Waals surface area contributed by atoms with Gasteiger partial charge in [0.25, 0.3) is 5.91 Å². The number of nitrogens with one attached hydrogen (secondary N) is 1. The lowest BCUT2D eigenvalue weighted by Crippen LogP contribution is -2.16. The first kappa shape index (κ1) is 18.8. The molecule has 0 aliphatic carbocycles. The van der Waals surface area contributed by atoms with E-state index in [1.54, 1.807) is 0 Å². The first-order valence-electron chi connectivity index (χ1n) is 7.09. The molecule has 26 heavy (non-hydrogen) atoms. The molecule has 0 aliphatic heterocycles. The van der Waals surface area contributed by atoms with Gasteiger partial charge >= 0.3 is 6.18 Å². The monoisotopic (exact) mass is 421 g/mol. The third-order valence-electron chi connectivity index (χ3n) is 3.59. The van der Waals surface area contributed by atoms with Crippen molar-refractivity contribution in [2.24, 2.45) is 0 Å². The summed E-state index contributed by atoms with van der Waals surface area (Å²) in [7, 11) is 0. The highest BCUT2D eigenvalue weighted by Crippen LogP contribution is 2.33. The summed E-state index contributed by atoms with van der Waals surface area (Å²) in [6, 6.07) is 4.80. The highest BCUT2D eigenvalue weighted by Gasteiger charge is 2.31. The van der Waals surface area contributed by atoms with Crippen molar-refractivity contribution >= 4 is 52.0 Å². The molecule has 1 amide bonds. The van der Waals surface area contributed by atoms with Crippen LogP contribution in [0.15, 0.2) is 30.5 Å². The smallest absolute Gasteiger partial charge is 0.319 e. The second-order valence-corrected chi connectivity index (χ2v) is 6.61. The molecule has 0 saturated carbocycles. The summed E-state index contributed by atoms with van der Waals surface area (Å²) in [6.45, 7) is 1.52. The van der Waals surface area contributed by atoms with E-state index < -0.39 is 17.6 Å². The minimum Gasteiger partial charge on any atom is -0.319 e. The Labute approximate surface area is 160 Å². The summed E-state index contributed by atoms with van der Waals surface area (Å²) in [4.78, 5) is 16.7. The fourth-order valence-electron chi connectivity index (χ4n) is 2.40. The van der Waals surface area contributed by atoms with E-state index in [9.17, 15) is 18.0 Å². The summed E-state index contributed by atoms with van der Waals surface area (Å²) in [6.07, 6.45) is -3.73. The largest absolute Gasteiger partial charge is 0.417 e. The van der Waals surface area contributed by atoms with Crippen LogP contribution in [0.2, 0.25) is 15.1 Å². The van der Waals surface area contributed by atoms with Crippen LogP contribution in [0.3, 0.4) is 0 Å². The fourth-order valence-corrected chi connectivity index (χ4v) is 3.00. The first-order valence-corrected chi connectivity index (χ1v) is 8.23. The van der Waals surface area contributed by atoms with Gasteiger partial charge in [-0.1, -0.05) is 34.8 Å². The molecule has 0 unspecified atom stereocenters. The third-order valence-corrected chi connectivity index (χ3v) is 4.63. The summed E-state index contributed by atoms with van der Waals surface area (Å²) in [5.74, 6) is -0.686. The second kappa shape index (κ2) is 6.64. The van der Waals surface area contributed by atoms with E-state index in [2.05, 4.69) is 10.3 Å². The van der Waals surface area contributed by atoms with E-state index in [-0.39, 0.29) is 37.8 Å². The number of aryl methyl sites for hydroxylation is 1. The van der Waals surface area contributed by atoms with Gasteiger partial charge in [0.1, 0.15) is 11.3 Å². The van der Waals surface area contributed by atoms with Crippen molar-refractivity contribution in [3.8, 4) is 0 Å². The van der Waals surface area contributed by atoms with Crippen LogP contribution >= 0.6 is 34.8 Å². The Bertz CT molecular complexity index is 1030. The second-order valence-electron chi connectivity index (χ2n) is 5.39. The van der Waals surface area contributed by atoms with Crippen molar-refractivity contribution < 1.29 is 18.0 Å². The lowest BCUT2D eigenvalue weighted by Gasteiger charge is -2.11. The Morgan fingerprint density at radius 2 is 1.77 bits per heavy atom. The van der Waals surface area contributed by atoms with Crippen LogP contribution in [-0.2, 0) is 6.18 Å². The predicted octanol–water partition coefficient (Wildman–Crippen LogP) is 5.87. The Kier molecular flexibility index (Phi) is 4.81. The zero-order chi connectivity index (χ0) is 19.2. The molecule has 0 bridgehead atoms. The van der Waals surface area contributed by atoms with Gasteiger partial charge in [-0.15, -0.1) is 0 Å². The van der Waals surface area contributed by atoms with Gasteiger partial charge in [-0.05, 0) is 31.2 Å². The minimum atomic E-state index is -4.55. The minimum absolute atomic E-state index is 0.0479. The van der Waals surface area contributed by atoms with Crippen LogP contribution in [-0.4, -0.2) is 15.3 Å². The fraction of sp³-hybridized carbons (Fsp3) is 0.125. The molecule has 0 fully saturated rings. The van der Waals surface area contributed by atoms with Crippen LogP contribution in [0.1, 0.15) is 21.7 Å². The van der Waals surface area contributed by atoms with E-state index in [0.29, 0.717) is 0 Å². The zero-order valence-corrected chi connectivity index (χ0v) is 15.2. The molecule has 0 saturated heterocycles. The van der Waals surface area contributed by atoms with E-state index in [1.165, 1.54) is 25.1 Å². The number of hydrogen-bond acceptors (Lipinski definition) is 2. The van der Waals surface area contributed by atoms with E-state index in [4.69, 9.17) is 34.8 Å².